The number of carbonyl (C=O) groups excluding carboxylic acids is 1. The van der Waals surface area contributed by atoms with Gasteiger partial charge in [-0.05, 0) is 10.9 Å². The number of carbonyl (C=O) groups is 1. The molecule has 1 rings (SSSR count). The van der Waals surface area contributed by atoms with Crippen molar-refractivity contribution < 1.29 is 9.53 Å². The molecule has 0 spiro atoms. The second-order valence-corrected chi connectivity index (χ2v) is 3.19. The molecule has 0 aromatic heterocycles. The third-order valence-corrected chi connectivity index (χ3v) is 1.81. The molecule has 0 aliphatic carbocycles. The van der Waals surface area contributed by atoms with Crippen LogP contribution >= 0.6 is 9.24 Å². The maximum absolute atomic E-state index is 10.5. The first-order chi connectivity index (χ1) is 5.68. The molecule has 12 heavy (non-hydrogen) atoms. The maximum Gasteiger partial charge on any atom is 0.302 e. The molecule has 1 unspecified atom stereocenters. The van der Waals surface area contributed by atoms with Crippen molar-refractivity contribution >= 4 is 20.5 Å². The van der Waals surface area contributed by atoms with E-state index in [2.05, 4.69) is 9.24 Å². The molecule has 2 nitrogen and oxygen atoms in total. The van der Waals surface area contributed by atoms with E-state index in [1.807, 2.05) is 24.3 Å². The summed E-state index contributed by atoms with van der Waals surface area (Å²) in [6, 6.07) is 7.80. The van der Waals surface area contributed by atoms with Crippen LogP contribution in [-0.4, -0.2) is 5.97 Å². The van der Waals surface area contributed by atoms with E-state index < -0.39 is 0 Å². The van der Waals surface area contributed by atoms with Gasteiger partial charge < -0.3 is 4.74 Å². The van der Waals surface area contributed by atoms with E-state index in [4.69, 9.17) is 4.74 Å². The average molecular weight is 182 g/mol. The lowest BCUT2D eigenvalue weighted by molar-refractivity contribution is -0.142. The second-order valence-electron chi connectivity index (χ2n) is 2.52. The first-order valence-corrected chi connectivity index (χ1v) is 4.24. The number of esters is 1. The number of rotatable bonds is 2. The zero-order chi connectivity index (χ0) is 8.97. The Balaban J connectivity index is 2.53. The number of benzene rings is 1. The normalized spacial score (nSPS) is 9.50. The highest BCUT2D eigenvalue weighted by molar-refractivity contribution is 7.27. The molecule has 0 saturated heterocycles. The van der Waals surface area contributed by atoms with Gasteiger partial charge in [-0.1, -0.05) is 24.3 Å². The number of hydrogen-bond acceptors (Lipinski definition) is 2. The van der Waals surface area contributed by atoms with Crippen LogP contribution < -0.4 is 5.30 Å². The predicted octanol–water partition coefficient (Wildman–Crippen LogP) is 1.25. The van der Waals surface area contributed by atoms with E-state index in [1.54, 1.807) is 0 Å². The fraction of sp³-hybridized carbons (Fsp3) is 0.222. The Kier molecular flexibility index (Phi) is 3.24. The molecule has 1 aromatic rings. The van der Waals surface area contributed by atoms with Crippen molar-refractivity contribution in [3.05, 3.63) is 29.8 Å². The standard InChI is InChI=1S/C9H11O2P/c1-7(10)11-6-8-2-4-9(12)5-3-8/h2-5H,6,12H2,1H3. The Labute approximate surface area is 74.1 Å². The monoisotopic (exact) mass is 182 g/mol. The molecule has 3 heteroatoms. The van der Waals surface area contributed by atoms with E-state index in [1.165, 1.54) is 6.92 Å². The molecule has 1 atom stereocenters. The first kappa shape index (κ1) is 9.21. The first-order valence-electron chi connectivity index (χ1n) is 3.66. The van der Waals surface area contributed by atoms with Gasteiger partial charge in [0, 0.05) is 6.92 Å². The van der Waals surface area contributed by atoms with E-state index in [9.17, 15) is 4.79 Å². The molecule has 0 N–H and O–H groups in total. The average Bonchev–Trinajstić information content (AvgIpc) is 2.03. The molecule has 0 aliphatic rings. The Hall–Kier alpha value is -0.880. The SMILES string of the molecule is CC(=O)OCc1ccc(P)cc1. The minimum absolute atomic E-state index is 0.245. The Bertz CT molecular complexity index is 266. The Morgan fingerprint density at radius 2 is 2.00 bits per heavy atom. The molecule has 0 aliphatic heterocycles. The number of ether oxygens (including phenoxy) is 1. The van der Waals surface area contributed by atoms with Crippen LogP contribution in [0.1, 0.15) is 12.5 Å². The fourth-order valence-corrected chi connectivity index (χ4v) is 0.991. The molecule has 0 bridgehead atoms. The summed E-state index contributed by atoms with van der Waals surface area (Å²) in [5.74, 6) is -0.245. The molecule has 0 radical (unpaired) electrons. The molecule has 0 fully saturated rings. The number of hydrogen-bond donors (Lipinski definition) is 0. The molecule has 1 aromatic carbocycles. The molecular weight excluding hydrogens is 171 g/mol. The van der Waals surface area contributed by atoms with Crippen molar-refractivity contribution in [2.75, 3.05) is 0 Å². The molecule has 0 saturated carbocycles. The summed E-state index contributed by atoms with van der Waals surface area (Å²) in [5.41, 5.74) is 1.01. The molecule has 0 amide bonds. The van der Waals surface area contributed by atoms with Crippen LogP contribution in [0.5, 0.6) is 0 Å². The van der Waals surface area contributed by atoms with Crippen LogP contribution in [0.3, 0.4) is 0 Å². The van der Waals surface area contributed by atoms with Gasteiger partial charge in [-0.2, -0.15) is 0 Å². The van der Waals surface area contributed by atoms with Crippen LogP contribution in [0, 0.1) is 0 Å². The minimum Gasteiger partial charge on any atom is -0.461 e. The molecule has 0 heterocycles. The van der Waals surface area contributed by atoms with E-state index in [-0.39, 0.29) is 5.97 Å². The van der Waals surface area contributed by atoms with Crippen molar-refractivity contribution in [1.82, 2.24) is 0 Å². The second kappa shape index (κ2) is 4.22. The van der Waals surface area contributed by atoms with Gasteiger partial charge in [-0.15, -0.1) is 9.24 Å². The van der Waals surface area contributed by atoms with Gasteiger partial charge in [0.05, 0.1) is 0 Å². The summed E-state index contributed by atoms with van der Waals surface area (Å²) in [4.78, 5) is 10.5. The van der Waals surface area contributed by atoms with Crippen molar-refractivity contribution in [2.24, 2.45) is 0 Å². The van der Waals surface area contributed by atoms with Gasteiger partial charge in [0.2, 0.25) is 0 Å². The van der Waals surface area contributed by atoms with E-state index in [0.717, 1.165) is 10.9 Å². The highest BCUT2D eigenvalue weighted by atomic mass is 31.0. The van der Waals surface area contributed by atoms with E-state index >= 15 is 0 Å². The zero-order valence-electron chi connectivity index (χ0n) is 6.91. The summed E-state index contributed by atoms with van der Waals surface area (Å²) >= 11 is 0. The van der Waals surface area contributed by atoms with Gasteiger partial charge >= 0.3 is 5.97 Å². The smallest absolute Gasteiger partial charge is 0.302 e. The van der Waals surface area contributed by atoms with Crippen LogP contribution in [-0.2, 0) is 16.1 Å². The van der Waals surface area contributed by atoms with Crippen molar-refractivity contribution in [2.45, 2.75) is 13.5 Å². The van der Waals surface area contributed by atoms with Crippen LogP contribution in [0.25, 0.3) is 0 Å². The van der Waals surface area contributed by atoms with Crippen LogP contribution in [0.15, 0.2) is 24.3 Å². The van der Waals surface area contributed by atoms with Crippen LogP contribution in [0.2, 0.25) is 0 Å². The maximum atomic E-state index is 10.5. The lowest BCUT2D eigenvalue weighted by atomic mass is 10.2. The van der Waals surface area contributed by atoms with Crippen LogP contribution in [0.4, 0.5) is 0 Å². The lowest BCUT2D eigenvalue weighted by Gasteiger charge is -2.01. The van der Waals surface area contributed by atoms with Gasteiger partial charge in [0.1, 0.15) is 6.61 Å². The molecule has 64 valence electrons. The zero-order valence-corrected chi connectivity index (χ0v) is 8.07. The van der Waals surface area contributed by atoms with Crippen molar-refractivity contribution in [3.63, 3.8) is 0 Å². The highest BCUT2D eigenvalue weighted by Crippen LogP contribution is 2.00. The van der Waals surface area contributed by atoms with Gasteiger partial charge in [0.15, 0.2) is 0 Å². The van der Waals surface area contributed by atoms with Gasteiger partial charge in [-0.25, -0.2) is 0 Å². The minimum atomic E-state index is -0.245. The topological polar surface area (TPSA) is 26.3 Å². The quantitative estimate of drug-likeness (QED) is 0.508. The van der Waals surface area contributed by atoms with Gasteiger partial charge in [0.25, 0.3) is 0 Å². The van der Waals surface area contributed by atoms with Crippen molar-refractivity contribution in [3.8, 4) is 0 Å². The summed E-state index contributed by atoms with van der Waals surface area (Å²) < 4.78 is 4.82. The third kappa shape index (κ3) is 3.02. The van der Waals surface area contributed by atoms with Gasteiger partial charge in [-0.3, -0.25) is 4.79 Å². The Morgan fingerprint density at radius 1 is 1.42 bits per heavy atom. The summed E-state index contributed by atoms with van der Waals surface area (Å²) in [6.07, 6.45) is 0. The third-order valence-electron chi connectivity index (χ3n) is 1.42. The predicted molar refractivity (Wildman–Crippen MR) is 51.3 cm³/mol. The van der Waals surface area contributed by atoms with E-state index in [0.29, 0.717) is 6.61 Å². The largest absolute Gasteiger partial charge is 0.461 e. The van der Waals surface area contributed by atoms with Crippen molar-refractivity contribution in [1.29, 1.82) is 0 Å². The lowest BCUT2D eigenvalue weighted by Crippen LogP contribution is -1.99. The fourth-order valence-electron chi connectivity index (χ4n) is 0.799. The summed E-state index contributed by atoms with van der Waals surface area (Å²) in [7, 11) is 2.60. The highest BCUT2D eigenvalue weighted by Gasteiger charge is 1.94. The summed E-state index contributed by atoms with van der Waals surface area (Å²) in [6.45, 7) is 1.77. The Morgan fingerprint density at radius 3 is 2.50 bits per heavy atom. The summed E-state index contributed by atoms with van der Waals surface area (Å²) in [5, 5.41) is 1.13. The molecular formula is C9H11O2P.